The van der Waals surface area contributed by atoms with E-state index in [1.807, 2.05) is 18.2 Å². The second-order valence-electron chi connectivity index (χ2n) is 8.29. The van der Waals surface area contributed by atoms with E-state index in [0.29, 0.717) is 18.7 Å². The molecule has 0 amide bonds. The maximum absolute atomic E-state index is 13.6. The summed E-state index contributed by atoms with van der Waals surface area (Å²) in [7, 11) is 2.47. The number of carbonyl (C=O) groups excluding carboxylic acids is 3. The number of allylic oxidation sites excluding steroid dienone is 2. The Kier molecular flexibility index (Phi) is 5.52. The Morgan fingerprint density at radius 1 is 1.11 bits per heavy atom. The third-order valence-electron chi connectivity index (χ3n) is 6.55. The number of benzene rings is 2. The molecule has 0 saturated heterocycles. The van der Waals surface area contributed by atoms with Crippen LogP contribution in [0.5, 0.6) is 5.75 Å². The number of Topliss-reactive ketones (excluding diaryl/α,β-unsaturated/α-hetero) is 1. The van der Waals surface area contributed by atoms with Gasteiger partial charge in [0, 0.05) is 33.7 Å². The van der Waals surface area contributed by atoms with Gasteiger partial charge in [0.05, 0.1) is 31.1 Å². The summed E-state index contributed by atoms with van der Waals surface area (Å²) in [5.41, 5.74) is 0.648. The molecule has 2 N–H and O–H groups in total. The molecule has 0 saturated carbocycles. The lowest BCUT2D eigenvalue weighted by Crippen LogP contribution is -2.58. The van der Waals surface area contributed by atoms with Crippen LogP contribution in [0.25, 0.3) is 10.9 Å². The van der Waals surface area contributed by atoms with Crippen molar-refractivity contribution < 1.29 is 29.0 Å². The van der Waals surface area contributed by atoms with Crippen LogP contribution in [0.3, 0.4) is 0 Å². The molecular formula is C26H21BrN2O6. The molecule has 178 valence electrons. The molecule has 5 rings (SSSR count). The van der Waals surface area contributed by atoms with E-state index < -0.39 is 23.3 Å². The highest BCUT2D eigenvalue weighted by molar-refractivity contribution is 9.10. The van der Waals surface area contributed by atoms with Crippen molar-refractivity contribution in [2.45, 2.75) is 12.0 Å². The standard InChI is InChI=1S/C26H21BrN2O6/c1-34-24(32)19-11-14(22(31)17-5-3-4-6-21(17)30)13-29-10-9-16-18-12-15(27)7-8-20(18)28-23(16)26(19,29)25(33)35-2/h3-8,11-13,28,30H,9-10H2,1-2H3. The van der Waals surface area contributed by atoms with Crippen molar-refractivity contribution in [3.05, 3.63) is 87.2 Å². The normalized spacial score (nSPS) is 18.8. The zero-order chi connectivity index (χ0) is 24.9. The van der Waals surface area contributed by atoms with Crippen molar-refractivity contribution in [3.63, 3.8) is 0 Å². The lowest BCUT2D eigenvalue weighted by molar-refractivity contribution is -0.156. The summed E-state index contributed by atoms with van der Waals surface area (Å²) in [6, 6.07) is 11.9. The average Bonchev–Trinajstić information content (AvgIpc) is 3.25. The van der Waals surface area contributed by atoms with Crippen LogP contribution in [0.1, 0.15) is 21.6 Å². The number of carbonyl (C=O) groups is 3. The molecule has 3 aromatic rings. The number of ketones is 1. The molecule has 2 aliphatic heterocycles. The topological polar surface area (TPSA) is 109 Å². The van der Waals surface area contributed by atoms with Crippen LogP contribution in [-0.2, 0) is 31.0 Å². The predicted molar refractivity (Wildman–Crippen MR) is 131 cm³/mol. The fourth-order valence-electron chi connectivity index (χ4n) is 4.99. The second kappa shape index (κ2) is 8.42. The number of aromatic nitrogens is 1. The van der Waals surface area contributed by atoms with Gasteiger partial charge in [0.1, 0.15) is 5.75 Å². The number of esters is 2. The molecule has 1 atom stereocenters. The summed E-state index contributed by atoms with van der Waals surface area (Å²) in [6.45, 7) is 0.327. The molecule has 0 aliphatic carbocycles. The fourth-order valence-corrected chi connectivity index (χ4v) is 5.35. The number of methoxy groups -OCH3 is 2. The first-order chi connectivity index (χ1) is 16.8. The number of phenolic OH excluding ortho intramolecular Hbond substituents is 1. The Labute approximate surface area is 209 Å². The number of H-pyrrole nitrogens is 1. The summed E-state index contributed by atoms with van der Waals surface area (Å²) in [4.78, 5) is 45.0. The van der Waals surface area contributed by atoms with Gasteiger partial charge in [-0.3, -0.25) is 4.79 Å². The quantitative estimate of drug-likeness (QED) is 0.386. The molecular weight excluding hydrogens is 516 g/mol. The zero-order valence-electron chi connectivity index (χ0n) is 18.9. The summed E-state index contributed by atoms with van der Waals surface area (Å²) >= 11 is 3.50. The van der Waals surface area contributed by atoms with Gasteiger partial charge in [-0.2, -0.15) is 0 Å². The van der Waals surface area contributed by atoms with Crippen LogP contribution < -0.4 is 0 Å². The number of ether oxygens (including phenoxy) is 2. The first-order valence-corrected chi connectivity index (χ1v) is 11.6. The largest absolute Gasteiger partial charge is 0.507 e. The lowest BCUT2D eigenvalue weighted by Gasteiger charge is -2.46. The van der Waals surface area contributed by atoms with E-state index >= 15 is 0 Å². The number of para-hydroxylation sites is 1. The average molecular weight is 537 g/mol. The molecule has 1 unspecified atom stereocenters. The van der Waals surface area contributed by atoms with Crippen molar-refractivity contribution in [2.75, 3.05) is 20.8 Å². The summed E-state index contributed by atoms with van der Waals surface area (Å²) in [6.07, 6.45) is 3.45. The van der Waals surface area contributed by atoms with Gasteiger partial charge in [-0.1, -0.05) is 28.1 Å². The predicted octanol–water partition coefficient (Wildman–Crippen LogP) is 3.74. The Morgan fingerprint density at radius 2 is 1.89 bits per heavy atom. The van der Waals surface area contributed by atoms with Gasteiger partial charge in [-0.25, -0.2) is 9.59 Å². The number of rotatable bonds is 4. The summed E-state index contributed by atoms with van der Waals surface area (Å²) < 4.78 is 11.2. The molecule has 0 fully saturated rings. The zero-order valence-corrected chi connectivity index (χ0v) is 20.5. The Hall–Kier alpha value is -3.85. The van der Waals surface area contributed by atoms with Crippen LogP contribution in [0, 0.1) is 0 Å². The number of hydrogen-bond donors (Lipinski definition) is 2. The molecule has 35 heavy (non-hydrogen) atoms. The van der Waals surface area contributed by atoms with Crippen molar-refractivity contribution in [1.82, 2.24) is 9.88 Å². The first-order valence-electron chi connectivity index (χ1n) is 10.8. The second-order valence-corrected chi connectivity index (χ2v) is 9.21. The van der Waals surface area contributed by atoms with Gasteiger partial charge in [-0.05, 0) is 48.4 Å². The smallest absolute Gasteiger partial charge is 0.343 e. The third-order valence-corrected chi connectivity index (χ3v) is 7.04. The summed E-state index contributed by atoms with van der Waals surface area (Å²) in [5, 5.41) is 11.1. The minimum Gasteiger partial charge on any atom is -0.507 e. The van der Waals surface area contributed by atoms with Crippen molar-refractivity contribution in [3.8, 4) is 5.75 Å². The van der Waals surface area contributed by atoms with E-state index in [1.54, 1.807) is 23.2 Å². The summed E-state index contributed by atoms with van der Waals surface area (Å²) in [5.74, 6) is -2.14. The molecule has 1 aromatic heterocycles. The van der Waals surface area contributed by atoms with Crippen molar-refractivity contribution in [2.24, 2.45) is 0 Å². The number of halogens is 1. The van der Waals surface area contributed by atoms with Gasteiger partial charge >= 0.3 is 11.9 Å². The molecule has 9 heteroatoms. The van der Waals surface area contributed by atoms with E-state index in [-0.39, 0.29) is 22.5 Å². The minimum absolute atomic E-state index is 0.0558. The third kappa shape index (κ3) is 3.30. The molecule has 2 aliphatic rings. The van der Waals surface area contributed by atoms with Crippen LogP contribution in [0.4, 0.5) is 0 Å². The number of aromatic hydroxyl groups is 1. The molecule has 3 heterocycles. The number of fused-ring (bicyclic) bond motifs is 5. The number of hydrogen-bond acceptors (Lipinski definition) is 7. The van der Waals surface area contributed by atoms with E-state index in [1.165, 1.54) is 32.4 Å². The van der Waals surface area contributed by atoms with E-state index in [2.05, 4.69) is 20.9 Å². The van der Waals surface area contributed by atoms with Crippen LogP contribution in [-0.4, -0.2) is 53.5 Å². The molecule has 8 nitrogen and oxygen atoms in total. The Morgan fingerprint density at radius 3 is 2.60 bits per heavy atom. The molecule has 0 bridgehead atoms. The maximum atomic E-state index is 13.6. The van der Waals surface area contributed by atoms with Crippen LogP contribution in [0.15, 0.2) is 70.4 Å². The van der Waals surface area contributed by atoms with Crippen molar-refractivity contribution >= 4 is 44.6 Å². The molecule has 2 aromatic carbocycles. The molecule has 0 radical (unpaired) electrons. The fraction of sp³-hybridized carbons (Fsp3) is 0.192. The highest BCUT2D eigenvalue weighted by Crippen LogP contribution is 2.48. The van der Waals surface area contributed by atoms with Crippen LogP contribution >= 0.6 is 15.9 Å². The lowest BCUT2D eigenvalue weighted by atomic mass is 9.75. The minimum atomic E-state index is -1.68. The number of phenols is 1. The first kappa shape index (κ1) is 22.9. The van der Waals surface area contributed by atoms with Gasteiger partial charge in [0.25, 0.3) is 0 Å². The Bertz CT molecular complexity index is 1470. The van der Waals surface area contributed by atoms with Crippen molar-refractivity contribution in [1.29, 1.82) is 0 Å². The SMILES string of the molecule is COC(=O)C1=CC(C(=O)c2ccccc2O)=CN2CCc3c([nH]c4ccc(Br)cc34)C12C(=O)OC. The number of nitrogens with one attached hydrogen (secondary N) is 1. The van der Waals surface area contributed by atoms with Gasteiger partial charge in [0.15, 0.2) is 5.78 Å². The van der Waals surface area contributed by atoms with E-state index in [4.69, 9.17) is 9.47 Å². The van der Waals surface area contributed by atoms with E-state index in [9.17, 15) is 19.5 Å². The highest BCUT2D eigenvalue weighted by Gasteiger charge is 2.58. The molecule has 0 spiro atoms. The number of nitrogens with zero attached hydrogens (tertiary/aromatic N) is 1. The van der Waals surface area contributed by atoms with Gasteiger partial charge < -0.3 is 24.5 Å². The maximum Gasteiger partial charge on any atom is 0.343 e. The van der Waals surface area contributed by atoms with E-state index in [0.717, 1.165) is 20.9 Å². The van der Waals surface area contributed by atoms with Gasteiger partial charge in [-0.15, -0.1) is 0 Å². The van der Waals surface area contributed by atoms with Crippen LogP contribution in [0.2, 0.25) is 0 Å². The Balaban J connectivity index is 1.77. The monoisotopic (exact) mass is 536 g/mol. The van der Waals surface area contributed by atoms with Gasteiger partial charge in [0.2, 0.25) is 5.54 Å². The highest BCUT2D eigenvalue weighted by atomic mass is 79.9. The number of aromatic amines is 1.